The second kappa shape index (κ2) is 6.90. The number of ether oxygens (including phenoxy) is 2. The Kier molecular flexibility index (Phi) is 4.67. The molecular weight excluding hydrogens is 332 g/mol. The van der Waals surface area contributed by atoms with Crippen molar-refractivity contribution < 1.29 is 27.9 Å². The number of aromatic nitrogens is 1. The molecule has 0 amide bonds. The van der Waals surface area contributed by atoms with E-state index >= 15 is 0 Å². The molecule has 0 fully saturated rings. The Hall–Kier alpha value is -2.93. The molecule has 1 heterocycles. The molecule has 130 valence electrons. The van der Waals surface area contributed by atoms with E-state index in [0.717, 1.165) is 12.1 Å². The van der Waals surface area contributed by atoms with Gasteiger partial charge in [-0.25, -0.2) is 8.78 Å². The maximum Gasteiger partial charge on any atom is 0.180 e. The zero-order valence-electron chi connectivity index (χ0n) is 13.5. The number of benzene rings is 2. The predicted molar refractivity (Wildman–Crippen MR) is 86.3 cm³/mol. The van der Waals surface area contributed by atoms with Gasteiger partial charge in [0, 0.05) is 11.6 Å². The van der Waals surface area contributed by atoms with Crippen molar-refractivity contribution in [3.8, 4) is 34.1 Å². The van der Waals surface area contributed by atoms with Gasteiger partial charge in [0.2, 0.25) is 0 Å². The summed E-state index contributed by atoms with van der Waals surface area (Å²) in [4.78, 5) is 0. The Morgan fingerprint density at radius 2 is 1.76 bits per heavy atom. The van der Waals surface area contributed by atoms with Crippen LogP contribution in [0.2, 0.25) is 0 Å². The first-order chi connectivity index (χ1) is 12.1. The molecule has 25 heavy (non-hydrogen) atoms. The van der Waals surface area contributed by atoms with Crippen LogP contribution >= 0.6 is 0 Å². The summed E-state index contributed by atoms with van der Waals surface area (Å²) >= 11 is 0. The zero-order chi connectivity index (χ0) is 18.0. The second-order valence-electron chi connectivity index (χ2n) is 5.16. The average molecular weight is 347 g/mol. The van der Waals surface area contributed by atoms with Crippen LogP contribution in [-0.4, -0.2) is 24.5 Å². The molecule has 0 saturated carbocycles. The quantitative estimate of drug-likeness (QED) is 0.761. The Balaban J connectivity index is 2.23. The van der Waals surface area contributed by atoms with Gasteiger partial charge >= 0.3 is 0 Å². The predicted octanol–water partition coefficient (Wildman–Crippen LogP) is 3.80. The van der Waals surface area contributed by atoms with Crippen LogP contribution < -0.4 is 9.47 Å². The summed E-state index contributed by atoms with van der Waals surface area (Å²) in [6, 6.07) is 8.22. The molecular formula is C18H15F2NO4. The molecule has 5 nitrogen and oxygen atoms in total. The summed E-state index contributed by atoms with van der Waals surface area (Å²) in [5, 5.41) is 13.7. The average Bonchev–Trinajstić information content (AvgIpc) is 3.04. The van der Waals surface area contributed by atoms with Gasteiger partial charge in [-0.05, 0) is 24.3 Å². The normalized spacial score (nSPS) is 10.8. The third-order valence-electron chi connectivity index (χ3n) is 3.79. The molecule has 0 aliphatic heterocycles. The molecule has 1 aromatic heterocycles. The molecule has 0 aliphatic rings. The van der Waals surface area contributed by atoms with Crippen molar-refractivity contribution in [2.75, 3.05) is 14.2 Å². The molecule has 0 unspecified atom stereocenters. The fourth-order valence-corrected chi connectivity index (χ4v) is 2.62. The lowest BCUT2D eigenvalue weighted by Crippen LogP contribution is -1.96. The van der Waals surface area contributed by atoms with E-state index in [1.807, 2.05) is 0 Å². The van der Waals surface area contributed by atoms with Gasteiger partial charge in [-0.2, -0.15) is 0 Å². The van der Waals surface area contributed by atoms with Crippen LogP contribution in [0.25, 0.3) is 22.6 Å². The van der Waals surface area contributed by atoms with Crippen molar-refractivity contribution in [1.82, 2.24) is 5.16 Å². The van der Waals surface area contributed by atoms with Gasteiger partial charge in [-0.15, -0.1) is 0 Å². The number of aliphatic hydroxyl groups excluding tert-OH is 1. The monoisotopic (exact) mass is 347 g/mol. The molecule has 3 rings (SSSR count). The van der Waals surface area contributed by atoms with E-state index < -0.39 is 18.2 Å². The fourth-order valence-electron chi connectivity index (χ4n) is 2.62. The number of hydrogen-bond donors (Lipinski definition) is 1. The minimum absolute atomic E-state index is 0.0225. The van der Waals surface area contributed by atoms with Gasteiger partial charge in [0.1, 0.15) is 34.4 Å². The second-order valence-corrected chi connectivity index (χ2v) is 5.16. The largest absolute Gasteiger partial charge is 0.496 e. The Morgan fingerprint density at radius 3 is 2.32 bits per heavy atom. The van der Waals surface area contributed by atoms with Crippen LogP contribution in [0.5, 0.6) is 11.5 Å². The van der Waals surface area contributed by atoms with Gasteiger partial charge in [0.05, 0.1) is 26.4 Å². The Bertz CT molecular complexity index is 886. The van der Waals surface area contributed by atoms with Crippen LogP contribution in [0.3, 0.4) is 0 Å². The first kappa shape index (κ1) is 16.9. The first-order valence-corrected chi connectivity index (χ1v) is 7.36. The molecule has 0 aliphatic carbocycles. The molecule has 2 aromatic carbocycles. The van der Waals surface area contributed by atoms with Crippen molar-refractivity contribution in [2.45, 2.75) is 6.61 Å². The van der Waals surface area contributed by atoms with Gasteiger partial charge < -0.3 is 19.1 Å². The first-order valence-electron chi connectivity index (χ1n) is 7.36. The zero-order valence-corrected chi connectivity index (χ0v) is 13.5. The molecule has 7 heteroatoms. The van der Waals surface area contributed by atoms with Gasteiger partial charge in [-0.1, -0.05) is 11.2 Å². The van der Waals surface area contributed by atoms with E-state index in [1.54, 1.807) is 18.2 Å². The molecule has 0 radical (unpaired) electrons. The molecule has 0 spiro atoms. The number of rotatable bonds is 5. The van der Waals surface area contributed by atoms with E-state index in [1.165, 1.54) is 20.3 Å². The molecule has 0 bridgehead atoms. The molecule has 0 saturated heterocycles. The van der Waals surface area contributed by atoms with Crippen molar-refractivity contribution >= 4 is 0 Å². The lowest BCUT2D eigenvalue weighted by Gasteiger charge is -2.11. The third kappa shape index (κ3) is 2.94. The minimum atomic E-state index is -0.804. The Labute approximate surface area is 142 Å². The van der Waals surface area contributed by atoms with Crippen LogP contribution in [0.4, 0.5) is 8.78 Å². The summed E-state index contributed by atoms with van der Waals surface area (Å²) in [7, 11) is 2.96. The SMILES string of the molecule is COc1cccc(OC)c1-c1onc(-c2ccc(F)cc2F)c1CO. The lowest BCUT2D eigenvalue weighted by molar-refractivity contribution is 0.281. The van der Waals surface area contributed by atoms with Gasteiger partial charge in [-0.3, -0.25) is 0 Å². The number of aliphatic hydroxyl groups is 1. The van der Waals surface area contributed by atoms with Crippen LogP contribution in [0.1, 0.15) is 5.56 Å². The summed E-state index contributed by atoms with van der Waals surface area (Å²) in [5.41, 5.74) is 0.795. The highest BCUT2D eigenvalue weighted by Crippen LogP contribution is 2.42. The molecule has 0 atom stereocenters. The standard InChI is InChI=1S/C18H15F2NO4/c1-23-14-4-3-5-15(24-2)16(14)18-12(9-22)17(21-25-18)11-7-6-10(19)8-13(11)20/h3-8,22H,9H2,1-2H3. The summed E-state index contributed by atoms with van der Waals surface area (Å²) in [6.45, 7) is -0.466. The van der Waals surface area contributed by atoms with Crippen molar-refractivity contribution in [1.29, 1.82) is 0 Å². The Morgan fingerprint density at radius 1 is 1.08 bits per heavy atom. The van der Waals surface area contributed by atoms with Crippen molar-refractivity contribution in [3.05, 3.63) is 53.6 Å². The van der Waals surface area contributed by atoms with Crippen molar-refractivity contribution in [3.63, 3.8) is 0 Å². The number of hydrogen-bond acceptors (Lipinski definition) is 5. The van der Waals surface area contributed by atoms with Gasteiger partial charge in [0.25, 0.3) is 0 Å². The molecule has 1 N–H and O–H groups in total. The highest BCUT2D eigenvalue weighted by atomic mass is 19.1. The third-order valence-corrected chi connectivity index (χ3v) is 3.79. The molecule has 3 aromatic rings. The van der Waals surface area contributed by atoms with E-state index in [4.69, 9.17) is 14.0 Å². The number of nitrogens with zero attached hydrogens (tertiary/aromatic N) is 1. The summed E-state index contributed by atoms with van der Waals surface area (Å²) in [6.07, 6.45) is 0. The minimum Gasteiger partial charge on any atom is -0.496 e. The topological polar surface area (TPSA) is 64.7 Å². The van der Waals surface area contributed by atoms with Crippen LogP contribution in [0, 0.1) is 11.6 Å². The van der Waals surface area contributed by atoms with E-state index in [9.17, 15) is 13.9 Å². The maximum absolute atomic E-state index is 14.1. The smallest absolute Gasteiger partial charge is 0.180 e. The van der Waals surface area contributed by atoms with E-state index in [0.29, 0.717) is 17.1 Å². The number of methoxy groups -OCH3 is 2. The lowest BCUT2D eigenvalue weighted by atomic mass is 10.0. The van der Waals surface area contributed by atoms with E-state index in [2.05, 4.69) is 5.16 Å². The highest BCUT2D eigenvalue weighted by Gasteiger charge is 2.25. The maximum atomic E-state index is 14.1. The fraction of sp³-hybridized carbons (Fsp3) is 0.167. The van der Waals surface area contributed by atoms with Crippen molar-refractivity contribution in [2.24, 2.45) is 0 Å². The summed E-state index contributed by atoms with van der Waals surface area (Å²) < 4.78 is 43.3. The summed E-state index contributed by atoms with van der Waals surface area (Å²) in [5.74, 6) is -0.438. The number of halogens is 2. The highest BCUT2D eigenvalue weighted by molar-refractivity contribution is 5.79. The van der Waals surface area contributed by atoms with E-state index in [-0.39, 0.29) is 22.6 Å². The van der Waals surface area contributed by atoms with Gasteiger partial charge in [0.15, 0.2) is 5.76 Å². The van der Waals surface area contributed by atoms with Crippen LogP contribution in [0.15, 0.2) is 40.9 Å². The van der Waals surface area contributed by atoms with Crippen LogP contribution in [-0.2, 0) is 6.61 Å².